The zero-order valence-corrected chi connectivity index (χ0v) is 12.6. The van der Waals surface area contributed by atoms with Gasteiger partial charge in [-0.25, -0.2) is 0 Å². The number of nitrogens with one attached hydrogen (secondary N) is 1. The van der Waals surface area contributed by atoms with Gasteiger partial charge in [0, 0.05) is 0 Å². The van der Waals surface area contributed by atoms with Crippen LogP contribution in [0.15, 0.2) is 18.2 Å². The van der Waals surface area contributed by atoms with Crippen LogP contribution in [0.1, 0.15) is 38.3 Å². The Bertz CT molecular complexity index is 565. The van der Waals surface area contributed by atoms with Gasteiger partial charge in [-0.3, -0.25) is 9.59 Å². The molecule has 1 aliphatic rings. The van der Waals surface area contributed by atoms with Gasteiger partial charge >= 0.3 is 5.97 Å². The van der Waals surface area contributed by atoms with E-state index in [0.29, 0.717) is 0 Å². The topological polar surface area (TPSA) is 75.6 Å². The van der Waals surface area contributed by atoms with E-state index in [9.17, 15) is 9.59 Å². The minimum Gasteiger partial charge on any atom is -0.488 e. The molecule has 0 fully saturated rings. The van der Waals surface area contributed by atoms with Crippen LogP contribution in [0.5, 0.6) is 5.75 Å². The summed E-state index contributed by atoms with van der Waals surface area (Å²) in [5.74, 6) is -0.458. The number of carboxylic acids is 1. The summed E-state index contributed by atoms with van der Waals surface area (Å²) in [4.78, 5) is 22.5. The summed E-state index contributed by atoms with van der Waals surface area (Å²) >= 11 is 0. The van der Waals surface area contributed by atoms with Crippen LogP contribution in [0.25, 0.3) is 0 Å². The van der Waals surface area contributed by atoms with E-state index in [2.05, 4.69) is 19.2 Å². The van der Waals surface area contributed by atoms with Crippen molar-refractivity contribution in [2.24, 2.45) is 0 Å². The van der Waals surface area contributed by atoms with Gasteiger partial charge in [0.05, 0.1) is 6.42 Å². The van der Waals surface area contributed by atoms with Crippen molar-refractivity contribution in [1.29, 1.82) is 0 Å². The maximum absolute atomic E-state index is 11.8. The van der Waals surface area contributed by atoms with Crippen LogP contribution in [0.3, 0.4) is 0 Å². The lowest BCUT2D eigenvalue weighted by Gasteiger charge is -2.32. The Labute approximate surface area is 124 Å². The average molecular weight is 291 g/mol. The van der Waals surface area contributed by atoms with Crippen LogP contribution >= 0.6 is 0 Å². The van der Waals surface area contributed by atoms with Crippen molar-refractivity contribution >= 4 is 11.9 Å². The number of fused-ring (bicyclic) bond motifs is 1. The fraction of sp³-hybridized carbons (Fsp3) is 0.500. The minimum absolute atomic E-state index is 0.150. The summed E-state index contributed by atoms with van der Waals surface area (Å²) in [6.45, 7) is 5.57. The summed E-state index contributed by atoms with van der Waals surface area (Å²) in [5.41, 5.74) is 1.82. The first-order valence-corrected chi connectivity index (χ1v) is 7.10. The van der Waals surface area contributed by atoms with Crippen LogP contribution in [0, 0.1) is 0 Å². The van der Waals surface area contributed by atoms with Crippen molar-refractivity contribution in [3.8, 4) is 5.75 Å². The van der Waals surface area contributed by atoms with E-state index in [0.717, 1.165) is 29.7 Å². The molecule has 1 heterocycles. The Morgan fingerprint density at radius 1 is 1.43 bits per heavy atom. The van der Waals surface area contributed by atoms with Gasteiger partial charge in [-0.1, -0.05) is 12.1 Å². The summed E-state index contributed by atoms with van der Waals surface area (Å²) < 4.78 is 5.90. The Kier molecular flexibility index (Phi) is 4.21. The number of hydrogen-bond donors (Lipinski definition) is 2. The molecule has 0 aromatic heterocycles. The van der Waals surface area contributed by atoms with Gasteiger partial charge in [0.15, 0.2) is 0 Å². The first-order chi connectivity index (χ1) is 9.77. The van der Waals surface area contributed by atoms with Crippen molar-refractivity contribution < 1.29 is 19.4 Å². The number of carboxylic acid groups (broad SMARTS) is 1. The maximum atomic E-state index is 11.8. The summed E-state index contributed by atoms with van der Waals surface area (Å²) in [7, 11) is 0. The highest BCUT2D eigenvalue weighted by Gasteiger charge is 2.26. The van der Waals surface area contributed by atoms with Crippen LogP contribution in [0.2, 0.25) is 0 Å². The van der Waals surface area contributed by atoms with Crippen LogP contribution < -0.4 is 10.1 Å². The van der Waals surface area contributed by atoms with Crippen LogP contribution in [-0.2, 0) is 22.4 Å². The van der Waals surface area contributed by atoms with Crippen LogP contribution in [-0.4, -0.2) is 28.6 Å². The lowest BCUT2D eigenvalue weighted by Crippen LogP contribution is -2.39. The quantitative estimate of drug-likeness (QED) is 0.888. The monoisotopic (exact) mass is 291 g/mol. The normalized spacial score (nSPS) is 17.3. The molecule has 0 bridgehead atoms. The molecule has 0 spiro atoms. The molecule has 0 radical (unpaired) electrons. The Balaban J connectivity index is 2.03. The molecular formula is C16H21NO4. The predicted molar refractivity (Wildman–Crippen MR) is 78.4 cm³/mol. The molecule has 1 unspecified atom stereocenters. The SMILES string of the molecule is CC(NC(=O)Cc1ccc2c(c1)CCC(C)(C)O2)C(=O)O. The molecule has 2 rings (SSSR count). The van der Waals surface area contributed by atoms with E-state index in [1.54, 1.807) is 0 Å². The Morgan fingerprint density at radius 3 is 2.81 bits per heavy atom. The first kappa shape index (κ1) is 15.4. The fourth-order valence-corrected chi connectivity index (χ4v) is 2.36. The highest BCUT2D eigenvalue weighted by Crippen LogP contribution is 2.33. The van der Waals surface area contributed by atoms with E-state index < -0.39 is 12.0 Å². The first-order valence-electron chi connectivity index (χ1n) is 7.10. The number of rotatable bonds is 4. The van der Waals surface area contributed by atoms with Gasteiger partial charge in [0.2, 0.25) is 5.91 Å². The number of carbonyl (C=O) groups is 2. The highest BCUT2D eigenvalue weighted by atomic mass is 16.5. The molecule has 5 nitrogen and oxygen atoms in total. The molecule has 1 atom stereocenters. The third-order valence-electron chi connectivity index (χ3n) is 3.62. The third kappa shape index (κ3) is 3.97. The van der Waals surface area contributed by atoms with Crippen molar-refractivity contribution in [3.63, 3.8) is 0 Å². The summed E-state index contributed by atoms with van der Waals surface area (Å²) in [6, 6.07) is 4.83. The molecule has 0 saturated carbocycles. The molecule has 5 heteroatoms. The van der Waals surface area contributed by atoms with Gasteiger partial charge in [-0.05, 0) is 50.8 Å². The van der Waals surface area contributed by atoms with E-state index in [1.165, 1.54) is 6.92 Å². The van der Waals surface area contributed by atoms with Gasteiger partial charge < -0.3 is 15.2 Å². The van der Waals surface area contributed by atoms with E-state index >= 15 is 0 Å². The largest absolute Gasteiger partial charge is 0.488 e. The second-order valence-electron chi connectivity index (χ2n) is 6.11. The number of hydrogen-bond acceptors (Lipinski definition) is 3. The Morgan fingerprint density at radius 2 is 2.14 bits per heavy atom. The second-order valence-corrected chi connectivity index (χ2v) is 6.11. The fourth-order valence-electron chi connectivity index (χ4n) is 2.36. The molecule has 1 amide bonds. The van der Waals surface area contributed by atoms with E-state index in [-0.39, 0.29) is 17.9 Å². The van der Waals surface area contributed by atoms with Gasteiger partial charge in [-0.2, -0.15) is 0 Å². The summed E-state index contributed by atoms with van der Waals surface area (Å²) in [5, 5.41) is 11.2. The molecule has 21 heavy (non-hydrogen) atoms. The zero-order valence-electron chi connectivity index (χ0n) is 12.6. The maximum Gasteiger partial charge on any atom is 0.325 e. The second kappa shape index (κ2) is 5.76. The number of aliphatic carboxylic acids is 1. The minimum atomic E-state index is -1.04. The van der Waals surface area contributed by atoms with Crippen molar-refractivity contribution in [2.45, 2.75) is 51.7 Å². The molecule has 2 N–H and O–H groups in total. The standard InChI is InChI=1S/C16H21NO4/c1-10(15(19)20)17-14(18)9-11-4-5-13-12(8-11)6-7-16(2,3)21-13/h4-5,8,10H,6-7,9H2,1-3H3,(H,17,18)(H,19,20). The average Bonchev–Trinajstić information content (AvgIpc) is 2.38. The molecule has 0 aliphatic carbocycles. The third-order valence-corrected chi connectivity index (χ3v) is 3.62. The lowest BCUT2D eigenvalue weighted by molar-refractivity contribution is -0.141. The van der Waals surface area contributed by atoms with E-state index in [1.807, 2.05) is 18.2 Å². The zero-order chi connectivity index (χ0) is 15.6. The van der Waals surface area contributed by atoms with E-state index in [4.69, 9.17) is 9.84 Å². The van der Waals surface area contributed by atoms with Crippen LogP contribution in [0.4, 0.5) is 0 Å². The smallest absolute Gasteiger partial charge is 0.325 e. The molecular weight excluding hydrogens is 270 g/mol. The summed E-state index contributed by atoms with van der Waals surface area (Å²) in [6.07, 6.45) is 2.03. The molecule has 1 aromatic rings. The number of ether oxygens (including phenoxy) is 1. The number of aryl methyl sites for hydroxylation is 1. The molecule has 114 valence electrons. The number of benzene rings is 1. The number of carbonyl (C=O) groups excluding carboxylic acids is 1. The van der Waals surface area contributed by atoms with Crippen molar-refractivity contribution in [2.75, 3.05) is 0 Å². The molecule has 0 saturated heterocycles. The van der Waals surface area contributed by atoms with Gasteiger partial charge in [0.1, 0.15) is 17.4 Å². The lowest BCUT2D eigenvalue weighted by atomic mass is 9.93. The van der Waals surface area contributed by atoms with Crippen molar-refractivity contribution in [3.05, 3.63) is 29.3 Å². The molecule has 1 aromatic carbocycles. The highest BCUT2D eigenvalue weighted by molar-refractivity contribution is 5.84. The predicted octanol–water partition coefficient (Wildman–Crippen LogP) is 1.92. The van der Waals surface area contributed by atoms with Crippen molar-refractivity contribution in [1.82, 2.24) is 5.32 Å². The Hall–Kier alpha value is -2.04. The molecule has 1 aliphatic heterocycles. The van der Waals surface area contributed by atoms with Gasteiger partial charge in [-0.15, -0.1) is 0 Å². The number of amides is 1. The van der Waals surface area contributed by atoms with Gasteiger partial charge in [0.25, 0.3) is 0 Å².